The fourth-order valence-corrected chi connectivity index (χ4v) is 1.94. The topological polar surface area (TPSA) is 18.5 Å². The van der Waals surface area contributed by atoms with Gasteiger partial charge in [0.25, 0.3) is 0 Å². The van der Waals surface area contributed by atoms with E-state index < -0.39 is 0 Å². The molecule has 0 saturated carbocycles. The fraction of sp³-hybridized carbons (Fsp3) is 0.200. The van der Waals surface area contributed by atoms with Crippen molar-refractivity contribution in [1.29, 1.82) is 0 Å². The lowest BCUT2D eigenvalue weighted by atomic mass is 10.2. The molecule has 0 fully saturated rings. The van der Waals surface area contributed by atoms with Gasteiger partial charge in [0.05, 0.1) is 7.11 Å². The zero-order chi connectivity index (χ0) is 13.0. The van der Waals surface area contributed by atoms with Gasteiger partial charge in [-0.2, -0.15) is 0 Å². The van der Waals surface area contributed by atoms with Crippen molar-refractivity contribution in [2.24, 2.45) is 0 Å². The van der Waals surface area contributed by atoms with Crippen LogP contribution in [0.15, 0.2) is 46.9 Å². The molecular weight excluding hydrogens is 292 g/mol. The molecule has 18 heavy (non-hydrogen) atoms. The van der Waals surface area contributed by atoms with Gasteiger partial charge in [0.1, 0.15) is 18.1 Å². The molecule has 0 unspecified atom stereocenters. The second-order valence-corrected chi connectivity index (χ2v) is 4.87. The Morgan fingerprint density at radius 1 is 1.11 bits per heavy atom. The van der Waals surface area contributed by atoms with Gasteiger partial charge in [0, 0.05) is 10.0 Å². The Morgan fingerprint density at radius 2 is 1.89 bits per heavy atom. The van der Waals surface area contributed by atoms with Crippen molar-refractivity contribution in [3.05, 3.63) is 58.1 Å². The number of para-hydroxylation sites is 1. The van der Waals surface area contributed by atoms with E-state index in [0.717, 1.165) is 27.1 Å². The number of hydrogen-bond donors (Lipinski definition) is 0. The zero-order valence-electron chi connectivity index (χ0n) is 10.4. The predicted molar refractivity (Wildman–Crippen MR) is 76.2 cm³/mol. The molecule has 0 atom stereocenters. The van der Waals surface area contributed by atoms with E-state index >= 15 is 0 Å². The van der Waals surface area contributed by atoms with E-state index in [9.17, 15) is 0 Å². The molecule has 0 aromatic heterocycles. The van der Waals surface area contributed by atoms with Crippen molar-refractivity contribution in [3.8, 4) is 11.5 Å². The van der Waals surface area contributed by atoms with Gasteiger partial charge in [-0.3, -0.25) is 0 Å². The van der Waals surface area contributed by atoms with E-state index in [1.165, 1.54) is 0 Å². The van der Waals surface area contributed by atoms with Crippen LogP contribution in [0.4, 0.5) is 0 Å². The smallest absolute Gasteiger partial charge is 0.125 e. The van der Waals surface area contributed by atoms with Crippen LogP contribution in [0.5, 0.6) is 11.5 Å². The molecule has 2 aromatic carbocycles. The molecule has 2 aromatic rings. The molecule has 0 aliphatic heterocycles. The van der Waals surface area contributed by atoms with Gasteiger partial charge in [-0.05, 0) is 36.8 Å². The standard InChI is InChI=1S/C15H15BrO2/c1-11-9-13(7-8-14(11)16)18-10-12-5-3-4-6-15(12)17-2/h3-9H,10H2,1-2H3. The molecule has 0 aliphatic rings. The number of benzene rings is 2. The minimum Gasteiger partial charge on any atom is -0.496 e. The van der Waals surface area contributed by atoms with Crippen molar-refractivity contribution < 1.29 is 9.47 Å². The van der Waals surface area contributed by atoms with Crippen LogP contribution in [0.1, 0.15) is 11.1 Å². The Morgan fingerprint density at radius 3 is 2.61 bits per heavy atom. The first-order valence-corrected chi connectivity index (χ1v) is 6.51. The lowest BCUT2D eigenvalue weighted by Gasteiger charge is -2.10. The van der Waals surface area contributed by atoms with Gasteiger partial charge < -0.3 is 9.47 Å². The van der Waals surface area contributed by atoms with E-state index in [1.807, 2.05) is 49.4 Å². The molecule has 94 valence electrons. The van der Waals surface area contributed by atoms with Gasteiger partial charge in [-0.1, -0.05) is 34.1 Å². The van der Waals surface area contributed by atoms with Gasteiger partial charge in [-0.25, -0.2) is 0 Å². The Labute approximate surface area is 116 Å². The Hall–Kier alpha value is -1.48. The molecule has 2 nitrogen and oxygen atoms in total. The maximum absolute atomic E-state index is 5.77. The van der Waals surface area contributed by atoms with Crippen molar-refractivity contribution >= 4 is 15.9 Å². The summed E-state index contributed by atoms with van der Waals surface area (Å²) < 4.78 is 12.1. The van der Waals surface area contributed by atoms with Crippen LogP contribution in [-0.4, -0.2) is 7.11 Å². The molecule has 0 N–H and O–H groups in total. The SMILES string of the molecule is COc1ccccc1COc1ccc(Br)c(C)c1. The molecule has 0 aliphatic carbocycles. The highest BCUT2D eigenvalue weighted by atomic mass is 79.9. The third-order valence-corrected chi connectivity index (χ3v) is 3.61. The van der Waals surface area contributed by atoms with Crippen LogP contribution in [0, 0.1) is 6.92 Å². The van der Waals surface area contributed by atoms with Gasteiger partial charge >= 0.3 is 0 Å². The Bertz CT molecular complexity index is 538. The van der Waals surface area contributed by atoms with Crippen LogP contribution >= 0.6 is 15.9 Å². The highest BCUT2D eigenvalue weighted by Crippen LogP contribution is 2.24. The van der Waals surface area contributed by atoms with Gasteiger partial charge in [0.15, 0.2) is 0 Å². The number of rotatable bonds is 4. The maximum Gasteiger partial charge on any atom is 0.125 e. The molecule has 0 spiro atoms. The summed E-state index contributed by atoms with van der Waals surface area (Å²) in [5, 5.41) is 0. The molecule has 2 rings (SSSR count). The van der Waals surface area contributed by atoms with Crippen molar-refractivity contribution in [3.63, 3.8) is 0 Å². The highest BCUT2D eigenvalue weighted by Gasteiger charge is 2.03. The first-order valence-electron chi connectivity index (χ1n) is 5.71. The molecule has 0 saturated heterocycles. The van der Waals surface area contributed by atoms with E-state index in [2.05, 4.69) is 15.9 Å². The molecule has 0 heterocycles. The Balaban J connectivity index is 2.09. The highest BCUT2D eigenvalue weighted by molar-refractivity contribution is 9.10. The van der Waals surface area contributed by atoms with Gasteiger partial charge in [-0.15, -0.1) is 0 Å². The molecular formula is C15H15BrO2. The Kier molecular flexibility index (Phi) is 4.26. The first-order chi connectivity index (χ1) is 8.70. The van der Waals surface area contributed by atoms with Crippen LogP contribution in [0.25, 0.3) is 0 Å². The first kappa shape index (κ1) is 13.0. The summed E-state index contributed by atoms with van der Waals surface area (Å²) in [4.78, 5) is 0. The third kappa shape index (κ3) is 3.05. The second kappa shape index (κ2) is 5.91. The minimum atomic E-state index is 0.505. The largest absolute Gasteiger partial charge is 0.496 e. The van der Waals surface area contributed by atoms with Crippen LogP contribution in [0.2, 0.25) is 0 Å². The number of aryl methyl sites for hydroxylation is 1. The van der Waals surface area contributed by atoms with Crippen LogP contribution in [-0.2, 0) is 6.61 Å². The third-order valence-electron chi connectivity index (χ3n) is 2.72. The van der Waals surface area contributed by atoms with E-state index in [-0.39, 0.29) is 0 Å². The van der Waals surface area contributed by atoms with E-state index in [0.29, 0.717) is 6.61 Å². The quantitative estimate of drug-likeness (QED) is 0.836. The number of methoxy groups -OCH3 is 1. The average molecular weight is 307 g/mol. The average Bonchev–Trinajstić information content (AvgIpc) is 2.40. The van der Waals surface area contributed by atoms with Crippen LogP contribution < -0.4 is 9.47 Å². The lowest BCUT2D eigenvalue weighted by molar-refractivity contribution is 0.296. The number of hydrogen-bond acceptors (Lipinski definition) is 2. The molecule has 3 heteroatoms. The van der Waals surface area contributed by atoms with Crippen molar-refractivity contribution in [2.75, 3.05) is 7.11 Å². The molecule has 0 amide bonds. The lowest BCUT2D eigenvalue weighted by Crippen LogP contribution is -1.98. The number of ether oxygens (including phenoxy) is 2. The summed E-state index contributed by atoms with van der Waals surface area (Å²) in [7, 11) is 1.67. The zero-order valence-corrected chi connectivity index (χ0v) is 12.0. The van der Waals surface area contributed by atoms with Gasteiger partial charge in [0.2, 0.25) is 0 Å². The summed E-state index contributed by atoms with van der Waals surface area (Å²) >= 11 is 3.47. The number of halogens is 1. The summed E-state index contributed by atoms with van der Waals surface area (Å²) in [6.07, 6.45) is 0. The fourth-order valence-electron chi connectivity index (χ4n) is 1.69. The second-order valence-electron chi connectivity index (χ2n) is 4.01. The normalized spacial score (nSPS) is 10.2. The summed E-state index contributed by atoms with van der Waals surface area (Å²) in [6.45, 7) is 2.55. The van der Waals surface area contributed by atoms with Crippen molar-refractivity contribution in [1.82, 2.24) is 0 Å². The minimum absolute atomic E-state index is 0.505. The summed E-state index contributed by atoms with van der Waals surface area (Å²) in [6, 6.07) is 13.8. The van der Waals surface area contributed by atoms with Crippen LogP contribution in [0.3, 0.4) is 0 Å². The van der Waals surface area contributed by atoms with Crippen molar-refractivity contribution in [2.45, 2.75) is 13.5 Å². The maximum atomic E-state index is 5.77. The molecule has 0 bridgehead atoms. The summed E-state index contributed by atoms with van der Waals surface area (Å²) in [5.41, 5.74) is 2.20. The molecule has 0 radical (unpaired) electrons. The van der Waals surface area contributed by atoms with E-state index in [1.54, 1.807) is 7.11 Å². The monoisotopic (exact) mass is 306 g/mol. The summed E-state index contributed by atoms with van der Waals surface area (Å²) in [5.74, 6) is 1.72. The predicted octanol–water partition coefficient (Wildman–Crippen LogP) is 4.35. The van der Waals surface area contributed by atoms with E-state index in [4.69, 9.17) is 9.47 Å².